The molecule has 2 heterocycles. The lowest BCUT2D eigenvalue weighted by molar-refractivity contribution is 0.0710. The van der Waals surface area contributed by atoms with Crippen LogP contribution in [-0.4, -0.2) is 16.6 Å². The summed E-state index contributed by atoms with van der Waals surface area (Å²) in [6, 6.07) is 19.4. The van der Waals surface area contributed by atoms with E-state index in [4.69, 9.17) is 4.42 Å². The number of hydrazone groups is 1. The molecule has 1 amide bonds. The quantitative estimate of drug-likeness (QED) is 0.679. The van der Waals surface area contributed by atoms with Gasteiger partial charge in [-0.3, -0.25) is 4.79 Å². The molecule has 0 aliphatic carbocycles. The van der Waals surface area contributed by atoms with Gasteiger partial charge in [-0.25, -0.2) is 5.01 Å². The molecule has 0 saturated heterocycles. The molecule has 2 aromatic carbocycles. The van der Waals surface area contributed by atoms with E-state index >= 15 is 0 Å². The Labute approximate surface area is 152 Å². The molecule has 3 aromatic rings. The van der Waals surface area contributed by atoms with E-state index in [2.05, 4.69) is 30.2 Å². The van der Waals surface area contributed by atoms with Crippen molar-refractivity contribution in [3.8, 4) is 0 Å². The van der Waals surface area contributed by atoms with Gasteiger partial charge in [0.1, 0.15) is 11.5 Å². The monoisotopic (exact) mass is 344 g/mol. The van der Waals surface area contributed by atoms with Crippen molar-refractivity contribution >= 4 is 11.6 Å². The molecule has 1 atom stereocenters. The van der Waals surface area contributed by atoms with Gasteiger partial charge in [0.05, 0.1) is 12.3 Å². The predicted octanol–water partition coefficient (Wildman–Crippen LogP) is 4.89. The summed E-state index contributed by atoms with van der Waals surface area (Å²) in [7, 11) is 0. The number of amides is 1. The number of benzene rings is 2. The van der Waals surface area contributed by atoms with E-state index in [0.29, 0.717) is 17.7 Å². The highest BCUT2D eigenvalue weighted by atomic mass is 16.3. The lowest BCUT2D eigenvalue weighted by atomic mass is 9.98. The Morgan fingerprint density at radius 1 is 1.08 bits per heavy atom. The number of carbonyl (C=O) groups is 1. The highest BCUT2D eigenvalue weighted by molar-refractivity contribution is 6.03. The number of nitrogens with zero attached hydrogens (tertiary/aromatic N) is 2. The fourth-order valence-electron chi connectivity index (χ4n) is 3.36. The molecule has 1 aliphatic rings. The molecule has 0 bridgehead atoms. The van der Waals surface area contributed by atoms with Gasteiger partial charge in [0.15, 0.2) is 0 Å². The molecule has 0 N–H and O–H groups in total. The van der Waals surface area contributed by atoms with Gasteiger partial charge >= 0.3 is 0 Å². The number of carbonyl (C=O) groups excluding carboxylic acids is 1. The van der Waals surface area contributed by atoms with Crippen molar-refractivity contribution in [2.75, 3.05) is 0 Å². The van der Waals surface area contributed by atoms with Gasteiger partial charge in [0.25, 0.3) is 5.91 Å². The minimum atomic E-state index is -0.137. The van der Waals surface area contributed by atoms with Crippen molar-refractivity contribution < 1.29 is 9.21 Å². The zero-order valence-electron chi connectivity index (χ0n) is 14.8. The second kappa shape index (κ2) is 6.64. The number of furan rings is 1. The van der Waals surface area contributed by atoms with E-state index in [1.165, 1.54) is 0 Å². The molecule has 1 aromatic heterocycles. The molecule has 130 valence electrons. The maximum absolute atomic E-state index is 13.2. The molecule has 0 radical (unpaired) electrons. The van der Waals surface area contributed by atoms with Crippen molar-refractivity contribution in [3.63, 3.8) is 0 Å². The molecule has 4 rings (SSSR count). The molecule has 1 aliphatic heterocycles. The average molecular weight is 344 g/mol. The van der Waals surface area contributed by atoms with Crippen molar-refractivity contribution in [2.24, 2.45) is 5.10 Å². The second-order valence-corrected chi connectivity index (χ2v) is 6.62. The van der Waals surface area contributed by atoms with Crippen LogP contribution < -0.4 is 0 Å². The van der Waals surface area contributed by atoms with Crippen LogP contribution in [0.3, 0.4) is 0 Å². The summed E-state index contributed by atoms with van der Waals surface area (Å²) in [4.78, 5) is 13.2. The molecule has 4 heteroatoms. The van der Waals surface area contributed by atoms with Crippen LogP contribution in [0.1, 0.15) is 45.3 Å². The summed E-state index contributed by atoms with van der Waals surface area (Å²) in [5, 5.41) is 6.25. The number of hydrogen-bond donors (Lipinski definition) is 0. The molecule has 0 saturated carbocycles. The van der Waals surface area contributed by atoms with Gasteiger partial charge < -0.3 is 4.42 Å². The first-order chi connectivity index (χ1) is 12.6. The summed E-state index contributed by atoms with van der Waals surface area (Å²) in [5.41, 5.74) is 4.66. The van der Waals surface area contributed by atoms with E-state index in [9.17, 15) is 4.79 Å². The van der Waals surface area contributed by atoms with Gasteiger partial charge in [0.2, 0.25) is 0 Å². The van der Waals surface area contributed by atoms with Crippen LogP contribution in [0.25, 0.3) is 0 Å². The van der Waals surface area contributed by atoms with Crippen LogP contribution in [0, 0.1) is 13.8 Å². The van der Waals surface area contributed by atoms with Crippen molar-refractivity contribution in [1.29, 1.82) is 0 Å². The average Bonchev–Trinajstić information content (AvgIpc) is 3.31. The molecular formula is C22H20N2O2. The van der Waals surface area contributed by atoms with E-state index in [1.807, 2.05) is 49.4 Å². The van der Waals surface area contributed by atoms with Crippen LogP contribution in [0.5, 0.6) is 0 Å². The largest absolute Gasteiger partial charge is 0.463 e. The lowest BCUT2D eigenvalue weighted by Gasteiger charge is -2.23. The third-order valence-corrected chi connectivity index (χ3v) is 4.73. The van der Waals surface area contributed by atoms with Crippen molar-refractivity contribution in [3.05, 3.63) is 94.9 Å². The third kappa shape index (κ3) is 2.94. The van der Waals surface area contributed by atoms with Gasteiger partial charge in [0, 0.05) is 12.0 Å². The number of rotatable bonds is 3. The van der Waals surface area contributed by atoms with Crippen molar-refractivity contribution in [1.82, 2.24) is 5.01 Å². The van der Waals surface area contributed by atoms with Gasteiger partial charge in [-0.2, -0.15) is 5.10 Å². The first-order valence-electron chi connectivity index (χ1n) is 8.70. The fraction of sp³-hybridized carbons (Fsp3) is 0.182. The predicted molar refractivity (Wildman–Crippen MR) is 101 cm³/mol. The molecule has 26 heavy (non-hydrogen) atoms. The standard InChI is InChI=1S/C22H20N2O2/c1-15-7-5-9-17(13-15)20-14-19(21-11-6-12-26-21)23-24(20)22(25)18-10-4-3-8-16(18)2/h3-13,20H,14H2,1-2H3. The Kier molecular flexibility index (Phi) is 4.17. The zero-order valence-corrected chi connectivity index (χ0v) is 14.8. The zero-order chi connectivity index (χ0) is 18.1. The summed E-state index contributed by atoms with van der Waals surface area (Å²) in [5.74, 6) is 0.624. The van der Waals surface area contributed by atoms with Crippen LogP contribution >= 0.6 is 0 Å². The normalized spacial score (nSPS) is 16.6. The molecule has 0 fully saturated rings. The van der Waals surface area contributed by atoms with Crippen LogP contribution in [0.15, 0.2) is 76.4 Å². The SMILES string of the molecule is Cc1cccc(C2CC(c3ccco3)=NN2C(=O)c2ccccc2C)c1. The summed E-state index contributed by atoms with van der Waals surface area (Å²) < 4.78 is 5.51. The highest BCUT2D eigenvalue weighted by Crippen LogP contribution is 2.34. The molecular weight excluding hydrogens is 324 g/mol. The maximum Gasteiger partial charge on any atom is 0.274 e. The van der Waals surface area contributed by atoms with Crippen LogP contribution in [0.4, 0.5) is 0 Å². The Hall–Kier alpha value is -3.14. The molecule has 1 unspecified atom stereocenters. The first kappa shape index (κ1) is 16.3. The Morgan fingerprint density at radius 2 is 1.92 bits per heavy atom. The minimum Gasteiger partial charge on any atom is -0.463 e. The number of hydrogen-bond acceptors (Lipinski definition) is 3. The second-order valence-electron chi connectivity index (χ2n) is 6.62. The Morgan fingerprint density at radius 3 is 2.65 bits per heavy atom. The fourth-order valence-corrected chi connectivity index (χ4v) is 3.36. The highest BCUT2D eigenvalue weighted by Gasteiger charge is 2.34. The van der Waals surface area contributed by atoms with Crippen molar-refractivity contribution in [2.45, 2.75) is 26.3 Å². The topological polar surface area (TPSA) is 45.8 Å². The van der Waals surface area contributed by atoms with Crippen LogP contribution in [0.2, 0.25) is 0 Å². The first-order valence-corrected chi connectivity index (χ1v) is 8.70. The van der Waals surface area contributed by atoms with Gasteiger partial charge in [-0.15, -0.1) is 0 Å². The summed E-state index contributed by atoms with van der Waals surface area (Å²) in [6.45, 7) is 4.00. The minimum absolute atomic E-state index is 0.0869. The van der Waals surface area contributed by atoms with Crippen LogP contribution in [-0.2, 0) is 0 Å². The summed E-state index contributed by atoms with van der Waals surface area (Å²) in [6.07, 6.45) is 2.26. The van der Waals surface area contributed by atoms with E-state index in [0.717, 1.165) is 22.4 Å². The Bertz CT molecular complexity index is 973. The maximum atomic E-state index is 13.2. The van der Waals surface area contributed by atoms with E-state index < -0.39 is 0 Å². The number of aryl methyl sites for hydroxylation is 2. The molecule has 0 spiro atoms. The summed E-state index contributed by atoms with van der Waals surface area (Å²) >= 11 is 0. The van der Waals surface area contributed by atoms with E-state index in [1.54, 1.807) is 11.3 Å². The van der Waals surface area contributed by atoms with Gasteiger partial charge in [-0.1, -0.05) is 48.0 Å². The van der Waals surface area contributed by atoms with E-state index in [-0.39, 0.29) is 11.9 Å². The lowest BCUT2D eigenvalue weighted by Crippen LogP contribution is -2.27. The third-order valence-electron chi connectivity index (χ3n) is 4.73. The molecule has 4 nitrogen and oxygen atoms in total. The Balaban J connectivity index is 1.76. The van der Waals surface area contributed by atoms with Gasteiger partial charge in [-0.05, 0) is 43.2 Å². The smallest absolute Gasteiger partial charge is 0.274 e.